The van der Waals surface area contributed by atoms with Crippen molar-refractivity contribution in [1.82, 2.24) is 9.80 Å². The molecule has 1 aliphatic carbocycles. The Balaban J connectivity index is 1.27. The summed E-state index contributed by atoms with van der Waals surface area (Å²) in [7, 11) is 0. The molecule has 3 aliphatic rings. The minimum atomic E-state index is -0.531. The van der Waals surface area contributed by atoms with Crippen molar-refractivity contribution >= 4 is 35.3 Å². The van der Waals surface area contributed by atoms with Crippen LogP contribution in [0.25, 0.3) is 0 Å². The highest BCUT2D eigenvalue weighted by molar-refractivity contribution is 6.33. The molecule has 2 aromatic carbocycles. The third-order valence-electron chi connectivity index (χ3n) is 6.81. The van der Waals surface area contributed by atoms with Gasteiger partial charge in [0.05, 0.1) is 10.6 Å². The van der Waals surface area contributed by atoms with Gasteiger partial charge in [-0.1, -0.05) is 30.2 Å². The van der Waals surface area contributed by atoms with E-state index >= 15 is 0 Å². The first-order valence-electron chi connectivity index (χ1n) is 11.4. The minimum absolute atomic E-state index is 0.0677. The van der Waals surface area contributed by atoms with Gasteiger partial charge in [-0.3, -0.25) is 14.6 Å². The number of aliphatic imine (C=N–C) groups is 1. The Morgan fingerprint density at radius 3 is 2.55 bits per heavy atom. The van der Waals surface area contributed by atoms with Crippen LogP contribution >= 0.6 is 11.6 Å². The highest BCUT2D eigenvalue weighted by Crippen LogP contribution is 2.30. The summed E-state index contributed by atoms with van der Waals surface area (Å²) in [6.45, 7) is 2.80. The molecule has 2 fully saturated rings. The lowest BCUT2D eigenvalue weighted by atomic mass is 9.84. The van der Waals surface area contributed by atoms with E-state index in [0.717, 1.165) is 36.1 Å². The summed E-state index contributed by atoms with van der Waals surface area (Å²) in [5, 5.41) is 0.630. The van der Waals surface area contributed by atoms with Crippen molar-refractivity contribution in [2.24, 2.45) is 10.9 Å². The molecule has 2 aromatic rings. The monoisotopic (exact) mass is 468 g/mol. The van der Waals surface area contributed by atoms with Crippen molar-refractivity contribution in [3.63, 3.8) is 0 Å². The molecule has 2 heterocycles. The number of carbonyl (C=O) groups is 2. The maximum atomic E-state index is 14.6. The SMILES string of the molecule is O=C(c1cc(CN2CN=Cc3c(Cl)cccc32)ccc1F)N1CCN(C(=O)C2CCC2)CC1. The Kier molecular flexibility index (Phi) is 6.06. The fraction of sp³-hybridized carbons (Fsp3) is 0.400. The average molecular weight is 469 g/mol. The highest BCUT2D eigenvalue weighted by atomic mass is 35.5. The maximum Gasteiger partial charge on any atom is 0.256 e. The first-order chi connectivity index (χ1) is 16.0. The van der Waals surface area contributed by atoms with Crippen LogP contribution in [-0.4, -0.2) is 60.7 Å². The molecule has 2 aliphatic heterocycles. The minimum Gasteiger partial charge on any atom is -0.347 e. The Bertz CT molecular complexity index is 1110. The molecule has 0 bridgehead atoms. The van der Waals surface area contributed by atoms with E-state index in [0.29, 0.717) is 44.4 Å². The molecule has 0 aromatic heterocycles. The number of hydrogen-bond donors (Lipinski definition) is 0. The summed E-state index contributed by atoms with van der Waals surface area (Å²) in [6.07, 6.45) is 4.82. The van der Waals surface area contributed by atoms with Gasteiger partial charge in [0.1, 0.15) is 12.5 Å². The molecular formula is C25H26ClFN4O2. The van der Waals surface area contributed by atoms with E-state index < -0.39 is 5.82 Å². The molecule has 1 saturated carbocycles. The summed E-state index contributed by atoms with van der Waals surface area (Å²) in [6, 6.07) is 10.4. The average Bonchev–Trinajstić information content (AvgIpc) is 2.79. The number of benzene rings is 2. The molecule has 0 atom stereocenters. The van der Waals surface area contributed by atoms with Crippen LogP contribution in [-0.2, 0) is 11.3 Å². The summed E-state index contributed by atoms with van der Waals surface area (Å²) >= 11 is 6.30. The van der Waals surface area contributed by atoms with E-state index in [4.69, 9.17) is 11.6 Å². The van der Waals surface area contributed by atoms with E-state index in [1.807, 2.05) is 28.0 Å². The van der Waals surface area contributed by atoms with Gasteiger partial charge in [-0.15, -0.1) is 0 Å². The Labute approximate surface area is 197 Å². The summed E-state index contributed by atoms with van der Waals surface area (Å²) < 4.78 is 14.6. The molecule has 0 radical (unpaired) electrons. The van der Waals surface area contributed by atoms with E-state index in [9.17, 15) is 14.0 Å². The molecule has 0 N–H and O–H groups in total. The number of nitrogens with zero attached hydrogens (tertiary/aromatic N) is 4. The predicted octanol–water partition coefficient (Wildman–Crippen LogP) is 3.96. The van der Waals surface area contributed by atoms with E-state index in [2.05, 4.69) is 4.99 Å². The van der Waals surface area contributed by atoms with Crippen LogP contribution in [0.1, 0.15) is 40.7 Å². The predicted molar refractivity (Wildman–Crippen MR) is 126 cm³/mol. The normalized spacial score (nSPS) is 18.2. The standard InChI is InChI=1S/C25H26ClFN4O2/c26-21-5-2-6-23-20(21)14-28-16-31(23)15-17-7-8-22(27)19(13-17)25(33)30-11-9-29(10-12-30)24(32)18-3-1-4-18/h2,5-8,13-14,18H,1,3-4,9-12,15-16H2. The molecule has 5 rings (SSSR count). The van der Waals surface area contributed by atoms with Crippen molar-refractivity contribution in [2.75, 3.05) is 37.7 Å². The van der Waals surface area contributed by atoms with Crippen LogP contribution in [0.3, 0.4) is 0 Å². The van der Waals surface area contributed by atoms with Gasteiger partial charge in [0.2, 0.25) is 5.91 Å². The summed E-state index contributed by atoms with van der Waals surface area (Å²) in [4.78, 5) is 35.5. The smallest absolute Gasteiger partial charge is 0.256 e. The quantitative estimate of drug-likeness (QED) is 0.682. The Morgan fingerprint density at radius 2 is 1.82 bits per heavy atom. The number of carbonyl (C=O) groups excluding carboxylic acids is 2. The number of halogens is 2. The van der Waals surface area contributed by atoms with Crippen LogP contribution in [0.5, 0.6) is 0 Å². The topological polar surface area (TPSA) is 56.2 Å². The first-order valence-corrected chi connectivity index (χ1v) is 11.8. The zero-order chi connectivity index (χ0) is 22.9. The number of hydrogen-bond acceptors (Lipinski definition) is 4. The second-order valence-corrected chi connectivity index (χ2v) is 9.29. The van der Waals surface area contributed by atoms with Gasteiger partial charge in [-0.2, -0.15) is 0 Å². The molecule has 33 heavy (non-hydrogen) atoms. The number of rotatable bonds is 4. The van der Waals surface area contributed by atoms with E-state index in [1.54, 1.807) is 23.2 Å². The molecule has 1 saturated heterocycles. The lowest BCUT2D eigenvalue weighted by molar-refractivity contribution is -0.139. The largest absolute Gasteiger partial charge is 0.347 e. The van der Waals surface area contributed by atoms with Crippen molar-refractivity contribution in [3.8, 4) is 0 Å². The lowest BCUT2D eigenvalue weighted by Crippen LogP contribution is -2.52. The van der Waals surface area contributed by atoms with Gasteiger partial charge in [-0.25, -0.2) is 4.39 Å². The molecule has 2 amide bonds. The maximum absolute atomic E-state index is 14.6. The molecule has 0 spiro atoms. The number of fused-ring (bicyclic) bond motifs is 1. The third-order valence-corrected chi connectivity index (χ3v) is 7.14. The van der Waals surface area contributed by atoms with Crippen LogP contribution in [0, 0.1) is 11.7 Å². The van der Waals surface area contributed by atoms with Gasteiger partial charge < -0.3 is 14.7 Å². The second-order valence-electron chi connectivity index (χ2n) is 8.88. The number of amides is 2. The lowest BCUT2D eigenvalue weighted by Gasteiger charge is -2.38. The highest BCUT2D eigenvalue weighted by Gasteiger charge is 2.32. The zero-order valence-corrected chi connectivity index (χ0v) is 19.1. The molecule has 6 nitrogen and oxygen atoms in total. The van der Waals surface area contributed by atoms with Gasteiger partial charge in [0.25, 0.3) is 5.91 Å². The van der Waals surface area contributed by atoms with Gasteiger partial charge in [0.15, 0.2) is 0 Å². The summed E-state index contributed by atoms with van der Waals surface area (Å²) in [5.74, 6) is -0.506. The Hall–Kier alpha value is -2.93. The van der Waals surface area contributed by atoms with Crippen LogP contribution < -0.4 is 4.90 Å². The third kappa shape index (κ3) is 4.34. The van der Waals surface area contributed by atoms with Crippen molar-refractivity contribution in [3.05, 3.63) is 63.9 Å². The molecule has 8 heteroatoms. The Morgan fingerprint density at radius 1 is 1.06 bits per heavy atom. The van der Waals surface area contributed by atoms with E-state index in [-0.39, 0.29) is 23.3 Å². The van der Waals surface area contributed by atoms with Crippen molar-refractivity contribution in [1.29, 1.82) is 0 Å². The van der Waals surface area contributed by atoms with Crippen molar-refractivity contribution < 1.29 is 14.0 Å². The summed E-state index contributed by atoms with van der Waals surface area (Å²) in [5.41, 5.74) is 2.71. The van der Waals surface area contributed by atoms with Gasteiger partial charge in [0, 0.05) is 56.1 Å². The second kappa shape index (κ2) is 9.14. The molecular weight excluding hydrogens is 443 g/mol. The van der Waals surface area contributed by atoms with Gasteiger partial charge in [-0.05, 0) is 42.7 Å². The number of anilines is 1. The fourth-order valence-electron chi connectivity index (χ4n) is 4.64. The fourth-order valence-corrected chi connectivity index (χ4v) is 4.86. The van der Waals surface area contributed by atoms with Crippen molar-refractivity contribution in [2.45, 2.75) is 25.8 Å². The number of piperazine rings is 1. The molecule has 172 valence electrons. The van der Waals surface area contributed by atoms with Crippen LogP contribution in [0.2, 0.25) is 5.02 Å². The van der Waals surface area contributed by atoms with Crippen LogP contribution in [0.4, 0.5) is 10.1 Å². The van der Waals surface area contributed by atoms with Crippen LogP contribution in [0.15, 0.2) is 41.4 Å². The van der Waals surface area contributed by atoms with E-state index in [1.165, 1.54) is 6.07 Å². The molecule has 0 unspecified atom stereocenters. The first kappa shape index (κ1) is 21.9. The van der Waals surface area contributed by atoms with Gasteiger partial charge >= 0.3 is 0 Å². The zero-order valence-electron chi connectivity index (χ0n) is 18.3.